The molecule has 2 fully saturated rings. The van der Waals surface area contributed by atoms with Gasteiger partial charge >= 0.3 is 5.97 Å². The fourth-order valence-corrected chi connectivity index (χ4v) is 5.60. The second-order valence-corrected chi connectivity index (χ2v) is 9.79. The number of hydrogen-bond acceptors (Lipinski definition) is 5. The van der Waals surface area contributed by atoms with Crippen LogP contribution in [0.15, 0.2) is 48.5 Å². The Labute approximate surface area is 193 Å². The number of benzene rings is 2. The fourth-order valence-electron chi connectivity index (χ4n) is 5.60. The van der Waals surface area contributed by atoms with E-state index in [1.807, 2.05) is 18.2 Å². The fraction of sp³-hybridized carbons (Fsp3) is 0.462. The highest BCUT2D eigenvalue weighted by molar-refractivity contribution is 5.93. The molecule has 2 aromatic rings. The summed E-state index contributed by atoms with van der Waals surface area (Å²) in [5, 5.41) is 11.9. The molecule has 3 aliphatic rings. The van der Waals surface area contributed by atoms with Crippen molar-refractivity contribution in [3.05, 3.63) is 59.7 Å². The first-order valence-electron chi connectivity index (χ1n) is 11.6. The molecular formula is C26H30N2O5. The zero-order valence-corrected chi connectivity index (χ0v) is 19.0. The number of fused-ring (bicyclic) bond motifs is 4. The smallest absolute Gasteiger partial charge is 0.335 e. The maximum absolute atomic E-state index is 12.8. The third-order valence-electron chi connectivity index (χ3n) is 7.27. The molecule has 0 bridgehead atoms. The van der Waals surface area contributed by atoms with Gasteiger partial charge in [0, 0.05) is 23.2 Å². The summed E-state index contributed by atoms with van der Waals surface area (Å²) >= 11 is 0. The SMILES string of the molecule is CC1(C)Oc2ccccc2[C@H]2O[C@H]3CCCN(CC(=O)Nc4ccc(C(=O)O)cc4)[C@H]3C[C@@H]21. The summed E-state index contributed by atoms with van der Waals surface area (Å²) in [7, 11) is 0. The number of ether oxygens (including phenoxy) is 2. The maximum Gasteiger partial charge on any atom is 0.335 e. The second-order valence-electron chi connectivity index (χ2n) is 9.79. The van der Waals surface area contributed by atoms with Crippen LogP contribution in [-0.4, -0.2) is 52.7 Å². The van der Waals surface area contributed by atoms with Crippen molar-refractivity contribution in [2.45, 2.75) is 57.0 Å². The topological polar surface area (TPSA) is 88.1 Å². The van der Waals surface area contributed by atoms with Crippen molar-refractivity contribution in [1.29, 1.82) is 0 Å². The first kappa shape index (κ1) is 21.9. The molecule has 0 aromatic heterocycles. The van der Waals surface area contributed by atoms with Gasteiger partial charge in [0.15, 0.2) is 0 Å². The number of amides is 1. The van der Waals surface area contributed by atoms with E-state index in [0.717, 1.165) is 37.1 Å². The van der Waals surface area contributed by atoms with Crippen molar-refractivity contribution in [3.8, 4) is 5.75 Å². The highest BCUT2D eigenvalue weighted by Gasteiger charge is 2.52. The van der Waals surface area contributed by atoms with Crippen molar-refractivity contribution in [1.82, 2.24) is 4.90 Å². The van der Waals surface area contributed by atoms with Crippen LogP contribution in [0.2, 0.25) is 0 Å². The Morgan fingerprint density at radius 1 is 1.15 bits per heavy atom. The van der Waals surface area contributed by atoms with Crippen LogP contribution < -0.4 is 10.1 Å². The molecule has 2 N–H and O–H groups in total. The molecule has 4 atom stereocenters. The lowest BCUT2D eigenvalue weighted by Gasteiger charge is -2.54. The molecule has 33 heavy (non-hydrogen) atoms. The molecule has 5 rings (SSSR count). The lowest BCUT2D eigenvalue weighted by Crippen LogP contribution is -2.59. The maximum atomic E-state index is 12.8. The van der Waals surface area contributed by atoms with E-state index >= 15 is 0 Å². The minimum atomic E-state index is -0.986. The van der Waals surface area contributed by atoms with Crippen LogP contribution in [0.25, 0.3) is 0 Å². The zero-order valence-electron chi connectivity index (χ0n) is 19.0. The van der Waals surface area contributed by atoms with Gasteiger partial charge in [-0.1, -0.05) is 18.2 Å². The number of nitrogens with zero attached hydrogens (tertiary/aromatic N) is 1. The van der Waals surface area contributed by atoms with Gasteiger partial charge in [0.2, 0.25) is 5.91 Å². The minimum absolute atomic E-state index is 0.00715. The number of hydrogen-bond donors (Lipinski definition) is 2. The number of carboxylic acid groups (broad SMARTS) is 1. The average Bonchev–Trinajstić information content (AvgIpc) is 2.78. The Hall–Kier alpha value is -2.90. The molecule has 0 unspecified atom stereocenters. The van der Waals surface area contributed by atoms with Gasteiger partial charge in [0.1, 0.15) is 11.4 Å². The summed E-state index contributed by atoms with van der Waals surface area (Å²) in [5.74, 6) is 0.00876. The molecule has 7 heteroatoms. The van der Waals surface area contributed by atoms with Crippen LogP contribution in [0.4, 0.5) is 5.69 Å². The predicted octanol–water partition coefficient (Wildman–Crippen LogP) is 4.11. The first-order chi connectivity index (χ1) is 15.8. The Kier molecular flexibility index (Phi) is 5.62. The van der Waals surface area contributed by atoms with Crippen LogP contribution in [0.3, 0.4) is 0 Å². The summed E-state index contributed by atoms with van der Waals surface area (Å²) in [6, 6.07) is 14.5. The number of rotatable bonds is 4. The quantitative estimate of drug-likeness (QED) is 0.729. The van der Waals surface area contributed by atoms with Crippen molar-refractivity contribution in [2.75, 3.05) is 18.4 Å². The summed E-state index contributed by atoms with van der Waals surface area (Å²) in [6.45, 7) is 5.39. The number of nitrogens with one attached hydrogen (secondary N) is 1. The molecule has 0 saturated carbocycles. The van der Waals surface area contributed by atoms with Gasteiger partial charge in [0.05, 0.1) is 24.3 Å². The predicted molar refractivity (Wildman–Crippen MR) is 123 cm³/mol. The van der Waals surface area contributed by atoms with Crippen LogP contribution in [0.5, 0.6) is 5.75 Å². The van der Waals surface area contributed by atoms with Gasteiger partial charge in [0.25, 0.3) is 0 Å². The van der Waals surface area contributed by atoms with E-state index in [1.165, 1.54) is 12.1 Å². The Bertz CT molecular complexity index is 1050. The summed E-state index contributed by atoms with van der Waals surface area (Å²) < 4.78 is 13.1. The van der Waals surface area contributed by atoms with Gasteiger partial charge in [-0.3, -0.25) is 9.69 Å². The van der Waals surface area contributed by atoms with Crippen molar-refractivity contribution < 1.29 is 24.2 Å². The lowest BCUT2D eigenvalue weighted by atomic mass is 9.72. The monoisotopic (exact) mass is 450 g/mol. The van der Waals surface area contributed by atoms with Crippen molar-refractivity contribution >= 4 is 17.6 Å². The molecule has 3 aliphatic heterocycles. The molecular weight excluding hydrogens is 420 g/mol. The summed E-state index contributed by atoms with van der Waals surface area (Å²) in [4.78, 5) is 26.1. The van der Waals surface area contributed by atoms with Crippen LogP contribution in [0, 0.1) is 5.92 Å². The minimum Gasteiger partial charge on any atom is -0.487 e. The second kappa shape index (κ2) is 8.47. The van der Waals surface area contributed by atoms with E-state index in [4.69, 9.17) is 14.6 Å². The van der Waals surface area contributed by atoms with Gasteiger partial charge in [-0.2, -0.15) is 0 Å². The summed E-state index contributed by atoms with van der Waals surface area (Å²) in [6.07, 6.45) is 2.99. The molecule has 7 nitrogen and oxygen atoms in total. The van der Waals surface area contributed by atoms with Gasteiger partial charge in [-0.15, -0.1) is 0 Å². The van der Waals surface area contributed by atoms with E-state index in [1.54, 1.807) is 12.1 Å². The number of carbonyl (C=O) groups excluding carboxylic acids is 1. The molecule has 1 amide bonds. The molecule has 0 aliphatic carbocycles. The first-order valence-corrected chi connectivity index (χ1v) is 11.6. The van der Waals surface area contributed by atoms with Crippen LogP contribution in [-0.2, 0) is 9.53 Å². The molecule has 0 radical (unpaired) electrons. The molecule has 2 saturated heterocycles. The van der Waals surface area contributed by atoms with Gasteiger partial charge in [-0.05, 0) is 70.0 Å². The number of likely N-dealkylation sites (tertiary alicyclic amines) is 1. The normalized spacial score (nSPS) is 27.9. The van der Waals surface area contributed by atoms with Crippen molar-refractivity contribution in [3.63, 3.8) is 0 Å². The zero-order chi connectivity index (χ0) is 23.2. The number of carboxylic acids is 1. The van der Waals surface area contributed by atoms with E-state index in [-0.39, 0.29) is 47.8 Å². The third kappa shape index (κ3) is 4.23. The van der Waals surface area contributed by atoms with Gasteiger partial charge < -0.3 is 19.9 Å². The van der Waals surface area contributed by atoms with Gasteiger partial charge in [-0.25, -0.2) is 4.79 Å². The van der Waals surface area contributed by atoms with E-state index in [9.17, 15) is 9.59 Å². The number of anilines is 1. The lowest BCUT2D eigenvalue weighted by molar-refractivity contribution is -0.189. The molecule has 2 aromatic carbocycles. The van der Waals surface area contributed by atoms with E-state index in [0.29, 0.717) is 5.69 Å². The third-order valence-corrected chi connectivity index (χ3v) is 7.27. The number of piperidine rings is 1. The Balaban J connectivity index is 1.30. The number of para-hydroxylation sites is 1. The average molecular weight is 451 g/mol. The van der Waals surface area contributed by atoms with Crippen molar-refractivity contribution in [2.24, 2.45) is 5.92 Å². The summed E-state index contributed by atoms with van der Waals surface area (Å²) in [5.41, 5.74) is 1.55. The highest BCUT2D eigenvalue weighted by atomic mass is 16.5. The molecule has 3 heterocycles. The standard InChI is InChI=1S/C26H30N2O5/c1-26(2)19-14-20-22(32-24(19)18-6-3-4-7-21(18)33-26)8-5-13-28(20)15-23(29)27-17-11-9-16(10-12-17)25(30)31/h3-4,6-7,9-12,19-20,22,24H,5,8,13-15H2,1-2H3,(H,27,29)(H,30,31)/t19-,20-,22-,24+/m0/s1. The number of carbonyl (C=O) groups is 2. The Morgan fingerprint density at radius 3 is 2.67 bits per heavy atom. The number of aromatic carboxylic acids is 1. The van der Waals surface area contributed by atoms with Crippen LogP contribution in [0.1, 0.15) is 55.1 Å². The molecule has 174 valence electrons. The van der Waals surface area contributed by atoms with E-state index < -0.39 is 5.97 Å². The largest absolute Gasteiger partial charge is 0.487 e. The molecule has 0 spiro atoms. The van der Waals surface area contributed by atoms with Crippen LogP contribution >= 0.6 is 0 Å². The Morgan fingerprint density at radius 2 is 1.91 bits per heavy atom. The van der Waals surface area contributed by atoms with E-state index in [2.05, 4.69) is 30.1 Å². The highest BCUT2D eigenvalue weighted by Crippen LogP contribution is 2.52.